The minimum atomic E-state index is -0.557. The van der Waals surface area contributed by atoms with Crippen LogP contribution in [0.4, 0.5) is 0 Å². The Morgan fingerprint density at radius 2 is 1.90 bits per heavy atom. The molecule has 0 fully saturated rings. The molecule has 0 aliphatic heterocycles. The second kappa shape index (κ2) is 8.87. The van der Waals surface area contributed by atoms with Crippen LogP contribution in [-0.2, 0) is 32.0 Å². The lowest BCUT2D eigenvalue weighted by molar-refractivity contribution is -0.121. The molecule has 0 unspecified atom stereocenters. The number of amides is 1. The highest BCUT2D eigenvalue weighted by molar-refractivity contribution is 5.76. The molecule has 1 aromatic carbocycles. The molecule has 0 radical (unpaired) electrons. The summed E-state index contributed by atoms with van der Waals surface area (Å²) in [5.74, 6) is -0.364. The number of aryl methyl sites for hydroxylation is 2. The van der Waals surface area contributed by atoms with Crippen molar-refractivity contribution >= 4 is 17.1 Å². The molecule has 1 N–H and O–H groups in total. The highest BCUT2D eigenvalue weighted by Crippen LogP contribution is 2.03. The van der Waals surface area contributed by atoms with Gasteiger partial charge in [0.25, 0.3) is 5.56 Å². The number of carbonyl (C=O) groups excluding carboxylic acids is 1. The number of nitrogens with zero attached hydrogens (tertiary/aromatic N) is 5. The second-order valence-electron chi connectivity index (χ2n) is 7.19. The molecule has 0 spiro atoms. The maximum Gasteiger partial charge on any atom is 0.332 e. The van der Waals surface area contributed by atoms with Gasteiger partial charge in [-0.3, -0.25) is 14.2 Å². The lowest BCUT2D eigenvalue weighted by atomic mass is 10.2. The standard InChI is InChI=1S/C20H26N6O3/c1-23(12-15-8-5-4-6-9-15)11-7-10-21-16(27)13-26-19(28)17-18(22-14-24(17)2)25(3)20(26)29/h4-6,8-9,14H,7,10-13H2,1-3H3,(H,21,27). The molecule has 1 amide bonds. The van der Waals surface area contributed by atoms with Crippen molar-refractivity contribution in [3.63, 3.8) is 0 Å². The van der Waals surface area contributed by atoms with Crippen LogP contribution in [0, 0.1) is 0 Å². The molecule has 0 saturated heterocycles. The van der Waals surface area contributed by atoms with Gasteiger partial charge in [0, 0.05) is 27.2 Å². The molecule has 0 saturated carbocycles. The van der Waals surface area contributed by atoms with Gasteiger partial charge in [-0.25, -0.2) is 14.3 Å². The molecule has 0 aliphatic carbocycles. The summed E-state index contributed by atoms with van der Waals surface area (Å²) < 4.78 is 3.78. The molecule has 0 bridgehead atoms. The number of hydrogen-bond donors (Lipinski definition) is 1. The van der Waals surface area contributed by atoms with Gasteiger partial charge in [0.15, 0.2) is 11.2 Å². The quantitative estimate of drug-likeness (QED) is 0.542. The van der Waals surface area contributed by atoms with Gasteiger partial charge in [-0.2, -0.15) is 0 Å². The van der Waals surface area contributed by atoms with Crippen LogP contribution in [0.1, 0.15) is 12.0 Å². The maximum absolute atomic E-state index is 12.6. The first kappa shape index (κ1) is 20.5. The van der Waals surface area contributed by atoms with Gasteiger partial charge >= 0.3 is 5.69 Å². The SMILES string of the molecule is CN(CCCNC(=O)Cn1c(=O)c2c(ncn2C)n(C)c1=O)Cc1ccccc1. The van der Waals surface area contributed by atoms with Crippen LogP contribution in [0.15, 0.2) is 46.2 Å². The smallest absolute Gasteiger partial charge is 0.332 e. The number of benzene rings is 1. The zero-order chi connectivity index (χ0) is 21.0. The van der Waals surface area contributed by atoms with E-state index in [0.717, 1.165) is 24.1 Å². The summed E-state index contributed by atoms with van der Waals surface area (Å²) in [6, 6.07) is 10.2. The van der Waals surface area contributed by atoms with E-state index in [9.17, 15) is 14.4 Å². The third-order valence-corrected chi connectivity index (χ3v) is 4.84. The molecular weight excluding hydrogens is 372 g/mol. The highest BCUT2D eigenvalue weighted by Gasteiger charge is 2.16. The average Bonchev–Trinajstić information content (AvgIpc) is 3.09. The number of hydrogen-bond acceptors (Lipinski definition) is 5. The van der Waals surface area contributed by atoms with E-state index in [-0.39, 0.29) is 12.5 Å². The Hall–Kier alpha value is -3.20. The summed E-state index contributed by atoms with van der Waals surface area (Å²) in [4.78, 5) is 43.6. The highest BCUT2D eigenvalue weighted by atomic mass is 16.2. The molecule has 9 nitrogen and oxygen atoms in total. The Morgan fingerprint density at radius 3 is 2.62 bits per heavy atom. The van der Waals surface area contributed by atoms with Gasteiger partial charge in [-0.15, -0.1) is 0 Å². The van der Waals surface area contributed by atoms with Crippen molar-refractivity contribution in [2.45, 2.75) is 19.5 Å². The fourth-order valence-corrected chi connectivity index (χ4v) is 3.29. The third-order valence-electron chi connectivity index (χ3n) is 4.84. The largest absolute Gasteiger partial charge is 0.354 e. The molecule has 9 heteroatoms. The number of nitrogens with one attached hydrogen (secondary N) is 1. The van der Waals surface area contributed by atoms with E-state index in [0.29, 0.717) is 17.7 Å². The van der Waals surface area contributed by atoms with E-state index in [1.165, 1.54) is 23.5 Å². The molecule has 3 aromatic rings. The molecule has 29 heavy (non-hydrogen) atoms. The van der Waals surface area contributed by atoms with Crippen LogP contribution >= 0.6 is 0 Å². The lowest BCUT2D eigenvalue weighted by Crippen LogP contribution is -2.43. The van der Waals surface area contributed by atoms with Crippen LogP contribution in [0.25, 0.3) is 11.2 Å². The zero-order valence-corrected chi connectivity index (χ0v) is 17.0. The molecule has 3 rings (SSSR count). The van der Waals surface area contributed by atoms with E-state index >= 15 is 0 Å². The van der Waals surface area contributed by atoms with Gasteiger partial charge in [0.1, 0.15) is 6.54 Å². The van der Waals surface area contributed by atoms with Crippen LogP contribution in [0.5, 0.6) is 0 Å². The summed E-state index contributed by atoms with van der Waals surface area (Å²) in [7, 11) is 5.24. The van der Waals surface area contributed by atoms with E-state index in [1.54, 1.807) is 11.6 Å². The van der Waals surface area contributed by atoms with Crippen molar-refractivity contribution in [2.24, 2.45) is 14.1 Å². The maximum atomic E-state index is 12.6. The van der Waals surface area contributed by atoms with Crippen molar-refractivity contribution in [1.82, 2.24) is 28.9 Å². The number of rotatable bonds is 8. The predicted octanol–water partition coefficient (Wildman–Crippen LogP) is 0.0720. The summed E-state index contributed by atoms with van der Waals surface area (Å²) in [6.45, 7) is 1.82. The average molecular weight is 398 g/mol. The van der Waals surface area contributed by atoms with Crippen molar-refractivity contribution in [1.29, 1.82) is 0 Å². The Morgan fingerprint density at radius 1 is 1.17 bits per heavy atom. The molecule has 154 valence electrons. The first-order chi connectivity index (χ1) is 13.9. The fourth-order valence-electron chi connectivity index (χ4n) is 3.29. The second-order valence-corrected chi connectivity index (χ2v) is 7.19. The van der Waals surface area contributed by atoms with Gasteiger partial charge in [-0.05, 0) is 25.6 Å². The minimum absolute atomic E-state index is 0.294. The molecule has 0 aliphatic rings. The molecular formula is C20H26N6O3. The van der Waals surface area contributed by atoms with Gasteiger partial charge in [0.05, 0.1) is 6.33 Å². The Bertz CT molecular complexity index is 1110. The predicted molar refractivity (Wildman–Crippen MR) is 111 cm³/mol. The van der Waals surface area contributed by atoms with Crippen molar-refractivity contribution in [3.05, 3.63) is 63.1 Å². The van der Waals surface area contributed by atoms with Crippen molar-refractivity contribution < 1.29 is 4.79 Å². The molecule has 0 atom stereocenters. The minimum Gasteiger partial charge on any atom is -0.354 e. The van der Waals surface area contributed by atoms with E-state index in [4.69, 9.17) is 0 Å². The lowest BCUT2D eigenvalue weighted by Gasteiger charge is -2.16. The Labute approximate surface area is 168 Å². The number of fused-ring (bicyclic) bond motifs is 1. The van der Waals surface area contributed by atoms with E-state index in [1.807, 2.05) is 25.2 Å². The van der Waals surface area contributed by atoms with Crippen LogP contribution in [-0.4, -0.2) is 49.6 Å². The fraction of sp³-hybridized carbons (Fsp3) is 0.400. The summed E-state index contributed by atoms with van der Waals surface area (Å²) >= 11 is 0. The van der Waals surface area contributed by atoms with Crippen LogP contribution in [0.3, 0.4) is 0 Å². The third kappa shape index (κ3) is 4.62. The molecule has 2 heterocycles. The van der Waals surface area contributed by atoms with Gasteiger partial charge < -0.3 is 14.8 Å². The summed E-state index contributed by atoms with van der Waals surface area (Å²) in [5, 5.41) is 2.78. The number of carbonyl (C=O) groups is 1. The summed E-state index contributed by atoms with van der Waals surface area (Å²) in [5.41, 5.74) is 0.766. The number of imidazole rings is 1. The first-order valence-electron chi connectivity index (χ1n) is 9.48. The van der Waals surface area contributed by atoms with E-state index < -0.39 is 11.2 Å². The zero-order valence-electron chi connectivity index (χ0n) is 17.0. The summed E-state index contributed by atoms with van der Waals surface area (Å²) in [6.07, 6.45) is 2.24. The van der Waals surface area contributed by atoms with Crippen molar-refractivity contribution in [2.75, 3.05) is 20.1 Å². The normalized spacial score (nSPS) is 11.3. The van der Waals surface area contributed by atoms with Gasteiger partial charge in [0.2, 0.25) is 5.91 Å². The van der Waals surface area contributed by atoms with Crippen LogP contribution in [0.2, 0.25) is 0 Å². The first-order valence-corrected chi connectivity index (χ1v) is 9.48. The Kier molecular flexibility index (Phi) is 6.28. The Balaban J connectivity index is 1.54. The van der Waals surface area contributed by atoms with Crippen LogP contribution < -0.4 is 16.6 Å². The van der Waals surface area contributed by atoms with Crippen molar-refractivity contribution in [3.8, 4) is 0 Å². The van der Waals surface area contributed by atoms with E-state index in [2.05, 4.69) is 27.3 Å². The molecule has 2 aromatic heterocycles. The topological polar surface area (TPSA) is 94.2 Å². The van der Waals surface area contributed by atoms with Gasteiger partial charge in [-0.1, -0.05) is 30.3 Å². The monoisotopic (exact) mass is 398 g/mol. The number of aromatic nitrogens is 4.